The number of aromatic amines is 1. The van der Waals surface area contributed by atoms with E-state index in [9.17, 15) is 4.79 Å². The maximum absolute atomic E-state index is 11.1. The number of hydrogen-bond donors (Lipinski definition) is 1. The van der Waals surface area contributed by atoms with Crippen molar-refractivity contribution >= 4 is 5.52 Å². The lowest BCUT2D eigenvalue weighted by Crippen LogP contribution is -2.10. The number of nitrogens with zero attached hydrogens (tertiary/aromatic N) is 2. The van der Waals surface area contributed by atoms with Crippen LogP contribution in [0.5, 0.6) is 0 Å². The smallest absolute Gasteiger partial charge is 0.274 e. The van der Waals surface area contributed by atoms with Gasteiger partial charge >= 0.3 is 0 Å². The van der Waals surface area contributed by atoms with Crippen molar-refractivity contribution in [3.8, 4) is 0 Å². The van der Waals surface area contributed by atoms with Crippen LogP contribution in [0.15, 0.2) is 23.3 Å². The fraction of sp³-hybridized carbons (Fsp3) is 0.143. The number of fused-ring (bicyclic) bond motifs is 1. The van der Waals surface area contributed by atoms with E-state index in [1.54, 1.807) is 23.0 Å². The van der Waals surface area contributed by atoms with Crippen LogP contribution < -0.4 is 5.56 Å². The molecule has 0 fully saturated rings. The number of nitrogens with one attached hydrogen (secondary N) is 1. The van der Waals surface area contributed by atoms with Crippen LogP contribution in [-0.4, -0.2) is 14.6 Å². The van der Waals surface area contributed by atoms with E-state index >= 15 is 0 Å². The molecule has 11 heavy (non-hydrogen) atoms. The quantitative estimate of drug-likeness (QED) is 0.586. The molecule has 0 aliphatic carbocycles. The molecule has 0 aliphatic rings. The molecule has 0 radical (unpaired) electrons. The molecule has 2 aromatic rings. The molecule has 1 N–H and O–H groups in total. The van der Waals surface area contributed by atoms with Crippen LogP contribution >= 0.6 is 0 Å². The van der Waals surface area contributed by atoms with Gasteiger partial charge in [-0.1, -0.05) is 0 Å². The van der Waals surface area contributed by atoms with Crippen molar-refractivity contribution < 1.29 is 0 Å². The first-order chi connectivity index (χ1) is 5.27. The summed E-state index contributed by atoms with van der Waals surface area (Å²) in [7, 11) is 0. The van der Waals surface area contributed by atoms with E-state index < -0.39 is 0 Å². The van der Waals surface area contributed by atoms with Crippen molar-refractivity contribution in [2.24, 2.45) is 0 Å². The summed E-state index contributed by atoms with van der Waals surface area (Å²) < 4.78 is 1.56. The van der Waals surface area contributed by atoms with Gasteiger partial charge in [0.15, 0.2) is 0 Å². The molecular weight excluding hydrogens is 142 g/mol. The van der Waals surface area contributed by atoms with Gasteiger partial charge in [-0.05, 0) is 13.0 Å². The summed E-state index contributed by atoms with van der Waals surface area (Å²) in [4.78, 5) is 13.8. The molecule has 2 aromatic heterocycles. The Balaban J connectivity index is 3.02. The number of rotatable bonds is 0. The van der Waals surface area contributed by atoms with Crippen LogP contribution in [0.25, 0.3) is 5.52 Å². The second-order valence-electron chi connectivity index (χ2n) is 2.43. The predicted molar refractivity (Wildman–Crippen MR) is 40.5 cm³/mol. The van der Waals surface area contributed by atoms with Gasteiger partial charge in [-0.25, -0.2) is 4.52 Å². The van der Waals surface area contributed by atoms with Crippen LogP contribution in [0.4, 0.5) is 0 Å². The summed E-state index contributed by atoms with van der Waals surface area (Å²) in [5, 5.41) is 3.94. The van der Waals surface area contributed by atoms with E-state index in [1.807, 2.05) is 6.92 Å². The average molecular weight is 149 g/mol. The summed E-state index contributed by atoms with van der Waals surface area (Å²) in [6.45, 7) is 1.82. The Morgan fingerprint density at radius 1 is 1.64 bits per heavy atom. The Bertz CT molecular complexity index is 440. The average Bonchev–Trinajstić information content (AvgIpc) is 2.34. The Morgan fingerprint density at radius 3 is 3.27 bits per heavy atom. The van der Waals surface area contributed by atoms with Gasteiger partial charge in [-0.3, -0.25) is 4.79 Å². The molecule has 0 spiro atoms. The second-order valence-corrected chi connectivity index (χ2v) is 2.43. The third-order valence-corrected chi connectivity index (χ3v) is 1.53. The minimum absolute atomic E-state index is 0.0949. The third-order valence-electron chi connectivity index (χ3n) is 1.53. The standard InChI is InChI=1S/C7H7N3O/c1-5-4-10-6(2-3-8-10)7(11)9-5/h2-4H,1H3,(H,9,11). The van der Waals surface area contributed by atoms with Crippen molar-refractivity contribution in [3.05, 3.63) is 34.5 Å². The first-order valence-electron chi connectivity index (χ1n) is 3.30. The van der Waals surface area contributed by atoms with Gasteiger partial charge in [-0.2, -0.15) is 5.10 Å². The number of H-pyrrole nitrogens is 1. The lowest BCUT2D eigenvalue weighted by atomic mass is 10.5. The zero-order valence-electron chi connectivity index (χ0n) is 6.03. The maximum Gasteiger partial charge on any atom is 0.274 e. The predicted octanol–water partition coefficient (Wildman–Crippen LogP) is 0.331. The first-order valence-corrected chi connectivity index (χ1v) is 3.30. The third kappa shape index (κ3) is 0.832. The van der Waals surface area contributed by atoms with Gasteiger partial charge in [0.1, 0.15) is 5.52 Å². The topological polar surface area (TPSA) is 50.2 Å². The van der Waals surface area contributed by atoms with Gasteiger partial charge in [-0.15, -0.1) is 0 Å². The van der Waals surface area contributed by atoms with E-state index in [1.165, 1.54) is 0 Å². The minimum atomic E-state index is -0.0949. The molecule has 4 nitrogen and oxygen atoms in total. The van der Waals surface area contributed by atoms with Crippen molar-refractivity contribution in [3.63, 3.8) is 0 Å². The molecule has 0 amide bonds. The molecule has 0 unspecified atom stereocenters. The van der Waals surface area contributed by atoms with Gasteiger partial charge in [0.05, 0.1) is 6.20 Å². The highest BCUT2D eigenvalue weighted by atomic mass is 16.1. The summed E-state index contributed by atoms with van der Waals surface area (Å²) in [5.74, 6) is 0. The molecule has 0 bridgehead atoms. The first kappa shape index (κ1) is 6.15. The number of aromatic nitrogens is 3. The fourth-order valence-corrected chi connectivity index (χ4v) is 1.06. The summed E-state index contributed by atoms with van der Waals surface area (Å²) >= 11 is 0. The Kier molecular flexibility index (Phi) is 1.09. The van der Waals surface area contributed by atoms with E-state index in [4.69, 9.17) is 0 Å². The molecule has 0 aliphatic heterocycles. The summed E-state index contributed by atoms with van der Waals surface area (Å²) in [6, 6.07) is 1.68. The minimum Gasteiger partial charge on any atom is -0.323 e. The highest BCUT2D eigenvalue weighted by Gasteiger charge is 1.97. The second kappa shape index (κ2) is 1.95. The SMILES string of the molecule is Cc1cn2nccc2c(=O)[nH]1. The van der Waals surface area contributed by atoms with Crippen molar-refractivity contribution in [1.82, 2.24) is 14.6 Å². The van der Waals surface area contributed by atoms with E-state index in [0.29, 0.717) is 5.52 Å². The largest absolute Gasteiger partial charge is 0.323 e. The molecule has 0 atom stereocenters. The fourth-order valence-electron chi connectivity index (χ4n) is 1.06. The van der Waals surface area contributed by atoms with E-state index in [0.717, 1.165) is 5.69 Å². The Hall–Kier alpha value is -1.58. The van der Waals surface area contributed by atoms with Gasteiger partial charge < -0.3 is 4.98 Å². The molecule has 2 rings (SSSR count). The molecule has 0 saturated carbocycles. The van der Waals surface area contributed by atoms with E-state index in [2.05, 4.69) is 10.1 Å². The van der Waals surface area contributed by atoms with Crippen LogP contribution in [0, 0.1) is 6.92 Å². The summed E-state index contributed by atoms with van der Waals surface area (Å²) in [5.41, 5.74) is 1.30. The van der Waals surface area contributed by atoms with Crippen molar-refractivity contribution in [2.75, 3.05) is 0 Å². The monoisotopic (exact) mass is 149 g/mol. The van der Waals surface area contributed by atoms with E-state index in [-0.39, 0.29) is 5.56 Å². The molecule has 2 heterocycles. The number of hydrogen-bond acceptors (Lipinski definition) is 2. The van der Waals surface area contributed by atoms with Crippen LogP contribution in [0.2, 0.25) is 0 Å². The van der Waals surface area contributed by atoms with Gasteiger partial charge in [0, 0.05) is 11.9 Å². The number of aryl methyl sites for hydroxylation is 1. The lowest BCUT2D eigenvalue weighted by molar-refractivity contribution is 0.916. The molecular formula is C7H7N3O. The highest BCUT2D eigenvalue weighted by molar-refractivity contribution is 5.42. The van der Waals surface area contributed by atoms with Gasteiger partial charge in [0.2, 0.25) is 0 Å². The molecule has 0 aromatic carbocycles. The normalized spacial score (nSPS) is 10.6. The highest BCUT2D eigenvalue weighted by Crippen LogP contribution is 1.94. The van der Waals surface area contributed by atoms with Crippen LogP contribution in [0.1, 0.15) is 5.69 Å². The van der Waals surface area contributed by atoms with Gasteiger partial charge in [0.25, 0.3) is 5.56 Å². The molecule has 4 heteroatoms. The zero-order chi connectivity index (χ0) is 7.84. The maximum atomic E-state index is 11.1. The van der Waals surface area contributed by atoms with Crippen LogP contribution in [0.3, 0.4) is 0 Å². The van der Waals surface area contributed by atoms with Crippen molar-refractivity contribution in [1.29, 1.82) is 0 Å². The van der Waals surface area contributed by atoms with Crippen LogP contribution in [-0.2, 0) is 0 Å². The zero-order valence-corrected chi connectivity index (χ0v) is 6.03. The van der Waals surface area contributed by atoms with Crippen molar-refractivity contribution in [2.45, 2.75) is 6.92 Å². The molecule has 56 valence electrons. The lowest BCUT2D eigenvalue weighted by Gasteiger charge is -1.93. The molecule has 0 saturated heterocycles. The Morgan fingerprint density at radius 2 is 2.45 bits per heavy atom. The summed E-state index contributed by atoms with van der Waals surface area (Å²) in [6.07, 6.45) is 3.38. The Labute approximate surface area is 62.5 Å².